The quantitative estimate of drug-likeness (QED) is 0.0519. The van der Waals surface area contributed by atoms with Crippen molar-refractivity contribution in [1.82, 2.24) is 0 Å². The molecule has 10 nitrogen and oxygen atoms in total. The molecule has 30 heteroatoms. The van der Waals surface area contributed by atoms with Crippen molar-refractivity contribution in [3.8, 4) is 0 Å². The van der Waals surface area contributed by atoms with Crippen LogP contribution >= 0.6 is 7.60 Å². The molecule has 3 aromatic rings. The van der Waals surface area contributed by atoms with Crippen LogP contribution in [0.2, 0.25) is 0 Å². The van der Waals surface area contributed by atoms with Crippen LogP contribution in [0.4, 0.5) is 79.0 Å². The Morgan fingerprint density at radius 1 is 0.516 bits per heavy atom. The van der Waals surface area contributed by atoms with Crippen molar-refractivity contribution in [2.45, 2.75) is 57.1 Å². The van der Waals surface area contributed by atoms with E-state index in [1.807, 2.05) is 38.1 Å². The molecule has 0 spiro atoms. The van der Waals surface area contributed by atoms with E-state index in [4.69, 9.17) is 9.05 Å². The van der Waals surface area contributed by atoms with Gasteiger partial charge in [0.25, 0.3) is 17.3 Å². The zero-order chi connectivity index (χ0) is 48.9. The summed E-state index contributed by atoms with van der Waals surface area (Å²) in [6.07, 6.45) is -35.5. The molecular weight excluding hydrogens is 1100 g/mol. The van der Waals surface area contributed by atoms with Crippen molar-refractivity contribution in [3.05, 3.63) is 95.7 Å². The molecule has 3 aromatic carbocycles. The molecule has 3 rings (SSSR count). The molecular formula is C34H27F18GdO10P+. The standard InChI is InChI=1S/C19H21O3P.3C5H2F6O2.Gd.H2O/c1-3-21-23(20,22-4-2)14-19-17-11-7-5-9-15(17)13-16-10-6-8-12-18(16)19;3*6-4(7,8)2(12)1-3(13)5(9,10)11;;/h5-13H,3-4,14H2,1-2H3;3*1,12H;;1H2/q;;;;+3;/p-2/b;3*2-1-;;. The summed E-state index contributed by atoms with van der Waals surface area (Å²) in [6, 6.07) is 18.5. The van der Waals surface area contributed by atoms with Crippen LogP contribution in [-0.4, -0.2) is 67.6 Å². The normalized spacial score (nSPS) is 13.2. The molecule has 0 fully saturated rings. The van der Waals surface area contributed by atoms with Gasteiger partial charge >= 0.3 is 84.6 Å². The average Bonchev–Trinajstić information content (AvgIpc) is 3.10. The third kappa shape index (κ3) is 22.7. The molecule has 3 N–H and O–H groups in total. The maximum Gasteiger partial charge on any atom is 3.00 e. The number of carbonyl (C=O) groups is 3. The Hall–Kier alpha value is -4.02. The van der Waals surface area contributed by atoms with E-state index in [-0.39, 0.29) is 51.6 Å². The van der Waals surface area contributed by atoms with Gasteiger partial charge < -0.3 is 29.8 Å². The predicted molar refractivity (Wildman–Crippen MR) is 176 cm³/mol. The molecule has 0 saturated heterocycles. The minimum atomic E-state index is -5.46. The van der Waals surface area contributed by atoms with Gasteiger partial charge in [-0.1, -0.05) is 48.5 Å². The van der Waals surface area contributed by atoms with Crippen LogP contribution in [0.15, 0.2) is 90.1 Å². The van der Waals surface area contributed by atoms with E-state index >= 15 is 0 Å². The van der Waals surface area contributed by atoms with E-state index in [0.717, 1.165) is 27.1 Å². The van der Waals surface area contributed by atoms with Gasteiger partial charge in [-0.2, -0.15) is 79.0 Å². The predicted octanol–water partition coefficient (Wildman–Crippen LogP) is 7.61. The molecule has 0 aliphatic rings. The Morgan fingerprint density at radius 2 is 0.766 bits per heavy atom. The Balaban J connectivity index is -0.000000803. The summed E-state index contributed by atoms with van der Waals surface area (Å²) in [4.78, 5) is 29.5. The number of carbonyl (C=O) groups excluding carboxylic acids is 3. The van der Waals surface area contributed by atoms with Gasteiger partial charge in [-0.05, 0) is 82.5 Å². The van der Waals surface area contributed by atoms with E-state index in [1.165, 1.54) is 0 Å². The van der Waals surface area contributed by atoms with Crippen molar-refractivity contribution < 1.29 is 168 Å². The van der Waals surface area contributed by atoms with Crippen LogP contribution in [0.3, 0.4) is 0 Å². The van der Waals surface area contributed by atoms with Crippen molar-refractivity contribution in [2.24, 2.45) is 0 Å². The number of hydrogen-bond donors (Lipinski definition) is 0. The third-order valence-electron chi connectivity index (χ3n) is 6.35. The molecule has 64 heavy (non-hydrogen) atoms. The third-order valence-corrected chi connectivity index (χ3v) is 8.36. The SMILES string of the molecule is CCOP(=O)(Cc1c2ccccc2cc2ccccc12)OCC.O=C(/C=C(\[O-])C(F)(F)F)C(F)(F)F.O=C(/C=C(\[O-])C(F)(F)F)C(F)(F)F.O=C(/C=C(\[O-])C(F)(F)F)C(F)(F)F.[Gd+3].[OH3+]. The Bertz CT molecular complexity index is 1970. The zero-order valence-electron chi connectivity index (χ0n) is 31.4. The number of ketones is 3. The van der Waals surface area contributed by atoms with E-state index in [1.54, 1.807) is 0 Å². The minimum absolute atomic E-state index is 0. The molecule has 0 saturated carbocycles. The maximum atomic E-state index is 13.0. The van der Waals surface area contributed by atoms with Gasteiger partial charge in [0.1, 0.15) is 0 Å². The summed E-state index contributed by atoms with van der Waals surface area (Å²) in [5.41, 5.74) is 1.03. The first-order valence-electron chi connectivity index (χ1n) is 15.8. The van der Waals surface area contributed by atoms with Gasteiger partial charge in [0.15, 0.2) is 0 Å². The first-order chi connectivity index (χ1) is 27.8. The first-order valence-corrected chi connectivity index (χ1v) is 17.5. The molecule has 0 heterocycles. The van der Waals surface area contributed by atoms with Gasteiger partial charge in [0.2, 0.25) is 0 Å². The van der Waals surface area contributed by atoms with Crippen LogP contribution in [0, 0.1) is 39.9 Å². The number of allylic oxidation sites excluding steroid dienone is 6. The van der Waals surface area contributed by atoms with Crippen LogP contribution in [0.1, 0.15) is 19.4 Å². The van der Waals surface area contributed by atoms with E-state index in [9.17, 15) is 113 Å². The van der Waals surface area contributed by atoms with Crippen LogP contribution in [-0.2, 0) is 39.6 Å². The molecule has 0 amide bonds. The number of rotatable bonds is 9. The van der Waals surface area contributed by atoms with Crippen molar-refractivity contribution >= 4 is 46.5 Å². The number of alkyl halides is 18. The van der Waals surface area contributed by atoms with Gasteiger partial charge in [-0.15, -0.1) is 0 Å². The fourth-order valence-electron chi connectivity index (χ4n) is 3.84. The molecule has 0 unspecified atom stereocenters. The summed E-state index contributed by atoms with van der Waals surface area (Å²) in [5, 5.41) is 33.9. The van der Waals surface area contributed by atoms with Crippen molar-refractivity contribution in [2.75, 3.05) is 13.2 Å². The summed E-state index contributed by atoms with van der Waals surface area (Å²) < 4.78 is 227. The van der Waals surface area contributed by atoms with Crippen LogP contribution in [0.25, 0.3) is 21.5 Å². The molecule has 0 aliphatic heterocycles. The molecule has 0 bridgehead atoms. The monoisotopic (exact) mass is 1130 g/mol. The molecule has 361 valence electrons. The topological polar surface area (TPSA) is 189 Å². The Labute approximate surface area is 378 Å². The minimum Gasteiger partial charge on any atom is -0.869 e. The Morgan fingerprint density at radius 3 is 0.984 bits per heavy atom. The summed E-state index contributed by atoms with van der Waals surface area (Å²) in [5.74, 6) is -16.9. The van der Waals surface area contributed by atoms with Crippen molar-refractivity contribution in [1.29, 1.82) is 0 Å². The second-order valence-electron chi connectivity index (χ2n) is 11.0. The first kappa shape index (κ1) is 64.3. The fourth-order valence-corrected chi connectivity index (χ4v) is 5.61. The molecule has 0 aliphatic carbocycles. The van der Waals surface area contributed by atoms with E-state index < -0.39 is 97.5 Å². The summed E-state index contributed by atoms with van der Waals surface area (Å²) in [7, 11) is -3.15. The molecule has 0 atom stereocenters. The fraction of sp³-hybridized carbons (Fsp3) is 0.324. The van der Waals surface area contributed by atoms with Gasteiger partial charge in [0.05, 0.1) is 19.4 Å². The number of benzene rings is 3. The smallest absolute Gasteiger partial charge is 0.869 e. The average molecular weight is 1130 g/mol. The molecule has 0 aromatic heterocycles. The summed E-state index contributed by atoms with van der Waals surface area (Å²) >= 11 is 0. The van der Waals surface area contributed by atoms with Crippen LogP contribution < -0.4 is 15.3 Å². The molecule has 1 radical (unpaired) electrons. The van der Waals surface area contributed by atoms with Gasteiger partial charge in [-0.3, -0.25) is 18.9 Å². The number of hydrogen-bond acceptors (Lipinski definition) is 9. The number of halogens is 18. The van der Waals surface area contributed by atoms with Gasteiger partial charge in [-0.25, -0.2) is 0 Å². The largest absolute Gasteiger partial charge is 3.00 e. The van der Waals surface area contributed by atoms with E-state index in [0.29, 0.717) is 13.2 Å². The van der Waals surface area contributed by atoms with E-state index in [2.05, 4.69) is 30.3 Å². The summed E-state index contributed by atoms with van der Waals surface area (Å²) in [6.45, 7) is 4.43. The zero-order valence-corrected chi connectivity index (χ0v) is 34.6. The Kier molecular flexibility index (Phi) is 25.7. The number of fused-ring (bicyclic) bond motifs is 2. The van der Waals surface area contributed by atoms with Crippen LogP contribution in [0.5, 0.6) is 0 Å². The van der Waals surface area contributed by atoms with Crippen molar-refractivity contribution in [3.63, 3.8) is 0 Å². The maximum absolute atomic E-state index is 13.0. The second-order valence-corrected chi connectivity index (χ2v) is 13.1. The second kappa shape index (κ2) is 25.6. The van der Waals surface area contributed by atoms with Gasteiger partial charge in [0, 0.05) is 0 Å².